The van der Waals surface area contributed by atoms with Gasteiger partial charge in [0.25, 0.3) is 0 Å². The van der Waals surface area contributed by atoms with Gasteiger partial charge in [0.2, 0.25) is 11.0 Å². The maximum absolute atomic E-state index is 11.4. The molecule has 1 aromatic rings. The first-order chi connectivity index (χ1) is 7.26. The fraction of sp³-hybridized carbons (Fsp3) is 0.667. The van der Waals surface area contributed by atoms with Crippen LogP contribution >= 0.6 is 23.1 Å². The van der Waals surface area contributed by atoms with E-state index < -0.39 is 0 Å². The Labute approximate surface area is 97.9 Å². The lowest BCUT2D eigenvalue weighted by Crippen LogP contribution is -2.10. The molecule has 0 radical (unpaired) electrons. The smallest absolute Gasteiger partial charge is 0.226 e. The van der Waals surface area contributed by atoms with Crippen molar-refractivity contribution >= 4 is 34.1 Å². The zero-order valence-electron chi connectivity index (χ0n) is 8.95. The molecule has 1 rings (SSSR count). The third kappa shape index (κ3) is 4.61. The molecule has 1 aromatic heterocycles. The maximum Gasteiger partial charge on any atom is 0.226 e. The summed E-state index contributed by atoms with van der Waals surface area (Å²) >= 11 is 3.06. The van der Waals surface area contributed by atoms with Crippen LogP contribution in [0.4, 0.5) is 5.13 Å². The Morgan fingerprint density at radius 2 is 2.27 bits per heavy atom. The molecule has 0 saturated heterocycles. The standard InChI is InChI=1S/C9H15N3OS2/c1-3-5-6-7(13)10-8-11-12-9(15-8)14-4-2/h3-6H2,1-2H3,(H,10,11,13). The summed E-state index contributed by atoms with van der Waals surface area (Å²) in [7, 11) is 0. The van der Waals surface area contributed by atoms with Crippen LogP contribution in [0.3, 0.4) is 0 Å². The lowest BCUT2D eigenvalue weighted by atomic mass is 10.2. The van der Waals surface area contributed by atoms with Gasteiger partial charge in [0.1, 0.15) is 0 Å². The molecule has 1 amide bonds. The Bertz CT molecular complexity index is 314. The van der Waals surface area contributed by atoms with E-state index in [1.165, 1.54) is 11.3 Å². The van der Waals surface area contributed by atoms with Crippen LogP contribution in [-0.2, 0) is 4.79 Å². The predicted molar refractivity (Wildman–Crippen MR) is 64.5 cm³/mol. The Kier molecular flexibility index (Phi) is 5.63. The third-order valence-corrected chi connectivity index (χ3v) is 3.53. The van der Waals surface area contributed by atoms with Crippen molar-refractivity contribution in [3.63, 3.8) is 0 Å². The number of thioether (sulfide) groups is 1. The summed E-state index contributed by atoms with van der Waals surface area (Å²) in [5.74, 6) is 0.999. The first-order valence-corrected chi connectivity index (χ1v) is 6.82. The number of hydrogen-bond acceptors (Lipinski definition) is 5. The largest absolute Gasteiger partial charge is 0.301 e. The quantitative estimate of drug-likeness (QED) is 0.618. The van der Waals surface area contributed by atoms with Gasteiger partial charge in [-0.15, -0.1) is 10.2 Å². The first-order valence-electron chi connectivity index (χ1n) is 5.02. The Hall–Kier alpha value is -0.620. The number of nitrogens with zero attached hydrogens (tertiary/aromatic N) is 2. The number of hydrogen-bond donors (Lipinski definition) is 1. The second-order valence-corrected chi connectivity index (χ2v) is 5.45. The number of anilines is 1. The van der Waals surface area contributed by atoms with E-state index in [9.17, 15) is 4.79 Å². The molecule has 1 heterocycles. The van der Waals surface area contributed by atoms with Crippen molar-refractivity contribution in [3.8, 4) is 0 Å². The summed E-state index contributed by atoms with van der Waals surface area (Å²) in [5, 5.41) is 11.2. The third-order valence-electron chi connectivity index (χ3n) is 1.68. The Balaban J connectivity index is 2.39. The van der Waals surface area contributed by atoms with Crippen molar-refractivity contribution in [1.82, 2.24) is 10.2 Å². The Morgan fingerprint density at radius 3 is 2.93 bits per heavy atom. The fourth-order valence-corrected chi connectivity index (χ4v) is 2.63. The molecule has 0 unspecified atom stereocenters. The molecule has 0 fully saturated rings. The van der Waals surface area contributed by atoms with E-state index >= 15 is 0 Å². The number of carbonyl (C=O) groups excluding carboxylic acids is 1. The lowest BCUT2D eigenvalue weighted by Gasteiger charge is -1.98. The summed E-state index contributed by atoms with van der Waals surface area (Å²) < 4.78 is 0.906. The molecular formula is C9H15N3OS2. The molecule has 84 valence electrons. The van der Waals surface area contributed by atoms with E-state index in [0.717, 1.165) is 22.9 Å². The molecule has 15 heavy (non-hydrogen) atoms. The molecule has 0 aliphatic carbocycles. The van der Waals surface area contributed by atoms with Crippen molar-refractivity contribution in [2.45, 2.75) is 37.4 Å². The Morgan fingerprint density at radius 1 is 1.47 bits per heavy atom. The zero-order valence-corrected chi connectivity index (χ0v) is 10.6. The number of rotatable bonds is 6. The number of aromatic nitrogens is 2. The lowest BCUT2D eigenvalue weighted by molar-refractivity contribution is -0.116. The second kappa shape index (κ2) is 6.79. The molecule has 0 bridgehead atoms. The van der Waals surface area contributed by atoms with Crippen LogP contribution in [0, 0.1) is 0 Å². The summed E-state index contributed by atoms with van der Waals surface area (Å²) in [5.41, 5.74) is 0. The van der Waals surface area contributed by atoms with Gasteiger partial charge in [0.05, 0.1) is 0 Å². The van der Waals surface area contributed by atoms with Crippen LogP contribution in [0.5, 0.6) is 0 Å². The van der Waals surface area contributed by atoms with E-state index in [4.69, 9.17) is 0 Å². The van der Waals surface area contributed by atoms with Gasteiger partial charge in [-0.2, -0.15) is 0 Å². The summed E-state index contributed by atoms with van der Waals surface area (Å²) in [6, 6.07) is 0. The minimum Gasteiger partial charge on any atom is -0.301 e. The van der Waals surface area contributed by atoms with E-state index in [0.29, 0.717) is 11.6 Å². The van der Waals surface area contributed by atoms with Crippen LogP contribution in [0.2, 0.25) is 0 Å². The molecule has 4 nitrogen and oxygen atoms in total. The van der Waals surface area contributed by atoms with E-state index in [1.807, 2.05) is 0 Å². The van der Waals surface area contributed by atoms with Crippen molar-refractivity contribution in [1.29, 1.82) is 0 Å². The van der Waals surface area contributed by atoms with E-state index in [-0.39, 0.29) is 5.91 Å². The van der Waals surface area contributed by atoms with Gasteiger partial charge in [0.15, 0.2) is 4.34 Å². The summed E-state index contributed by atoms with van der Waals surface area (Å²) in [4.78, 5) is 11.4. The molecule has 0 aromatic carbocycles. The van der Waals surface area contributed by atoms with Crippen molar-refractivity contribution in [2.75, 3.05) is 11.1 Å². The summed E-state index contributed by atoms with van der Waals surface area (Å²) in [6.45, 7) is 4.12. The minimum atomic E-state index is 0.0287. The molecule has 6 heteroatoms. The second-order valence-electron chi connectivity index (χ2n) is 2.96. The average molecular weight is 245 g/mol. The van der Waals surface area contributed by atoms with Gasteiger partial charge in [0, 0.05) is 6.42 Å². The molecular weight excluding hydrogens is 230 g/mol. The molecule has 1 N–H and O–H groups in total. The van der Waals surface area contributed by atoms with Gasteiger partial charge in [-0.3, -0.25) is 4.79 Å². The zero-order chi connectivity index (χ0) is 11.1. The van der Waals surface area contributed by atoms with Crippen LogP contribution in [0.25, 0.3) is 0 Å². The molecule has 0 spiro atoms. The topological polar surface area (TPSA) is 54.9 Å². The van der Waals surface area contributed by atoms with Gasteiger partial charge >= 0.3 is 0 Å². The van der Waals surface area contributed by atoms with Crippen LogP contribution in [-0.4, -0.2) is 21.9 Å². The fourth-order valence-electron chi connectivity index (χ4n) is 0.961. The monoisotopic (exact) mass is 245 g/mol. The first kappa shape index (κ1) is 12.4. The van der Waals surface area contributed by atoms with Crippen LogP contribution in [0.1, 0.15) is 33.1 Å². The number of carbonyl (C=O) groups is 1. The molecule has 0 atom stereocenters. The number of nitrogens with one attached hydrogen (secondary N) is 1. The van der Waals surface area contributed by atoms with Crippen LogP contribution < -0.4 is 5.32 Å². The van der Waals surface area contributed by atoms with Gasteiger partial charge < -0.3 is 5.32 Å². The molecule has 0 saturated carbocycles. The molecule has 0 aliphatic heterocycles. The highest BCUT2D eigenvalue weighted by Gasteiger charge is 2.07. The SMILES string of the molecule is CCCCC(=O)Nc1nnc(SCC)s1. The highest BCUT2D eigenvalue weighted by molar-refractivity contribution is 8.01. The highest BCUT2D eigenvalue weighted by atomic mass is 32.2. The van der Waals surface area contributed by atoms with Gasteiger partial charge in [-0.1, -0.05) is 43.4 Å². The average Bonchev–Trinajstić information content (AvgIpc) is 2.63. The van der Waals surface area contributed by atoms with Crippen molar-refractivity contribution in [3.05, 3.63) is 0 Å². The minimum absolute atomic E-state index is 0.0287. The van der Waals surface area contributed by atoms with Crippen molar-refractivity contribution < 1.29 is 4.79 Å². The molecule has 0 aliphatic rings. The van der Waals surface area contributed by atoms with Crippen LogP contribution in [0.15, 0.2) is 4.34 Å². The van der Waals surface area contributed by atoms with Gasteiger partial charge in [-0.05, 0) is 12.2 Å². The normalized spacial score (nSPS) is 10.3. The number of amides is 1. The van der Waals surface area contributed by atoms with Gasteiger partial charge in [-0.25, -0.2) is 0 Å². The number of unbranched alkanes of at least 4 members (excludes halogenated alkanes) is 1. The predicted octanol–water partition coefficient (Wildman–Crippen LogP) is 2.78. The van der Waals surface area contributed by atoms with Crippen molar-refractivity contribution in [2.24, 2.45) is 0 Å². The maximum atomic E-state index is 11.4. The summed E-state index contributed by atoms with van der Waals surface area (Å²) in [6.07, 6.45) is 2.51. The highest BCUT2D eigenvalue weighted by Crippen LogP contribution is 2.24. The van der Waals surface area contributed by atoms with E-state index in [2.05, 4.69) is 29.4 Å². The van der Waals surface area contributed by atoms with E-state index in [1.54, 1.807) is 11.8 Å².